The van der Waals surface area contributed by atoms with Gasteiger partial charge in [-0.05, 0) is 54.4 Å². The quantitative estimate of drug-likeness (QED) is 0.714. The van der Waals surface area contributed by atoms with Gasteiger partial charge in [0.25, 0.3) is 0 Å². The molecule has 1 aliphatic heterocycles. The van der Waals surface area contributed by atoms with Crippen molar-refractivity contribution in [2.24, 2.45) is 5.41 Å². The Morgan fingerprint density at radius 2 is 1.83 bits per heavy atom. The third-order valence-electron chi connectivity index (χ3n) is 6.31. The van der Waals surface area contributed by atoms with E-state index in [9.17, 15) is 17.2 Å². The Balaban J connectivity index is 1.78. The van der Waals surface area contributed by atoms with Crippen molar-refractivity contribution < 1.29 is 17.2 Å². The zero-order valence-corrected chi connectivity index (χ0v) is 18.3. The zero-order valence-electron chi connectivity index (χ0n) is 17.5. The lowest BCUT2D eigenvalue weighted by molar-refractivity contribution is 0.264. The van der Waals surface area contributed by atoms with Crippen LogP contribution in [0.1, 0.15) is 63.1 Å². The van der Waals surface area contributed by atoms with Crippen LogP contribution in [0.2, 0.25) is 0 Å². The maximum Gasteiger partial charge on any atom is 0.214 e. The molecule has 0 amide bonds. The molecule has 2 heterocycles. The van der Waals surface area contributed by atoms with Gasteiger partial charge in [0.15, 0.2) is 0 Å². The maximum absolute atomic E-state index is 14.4. The Kier molecular flexibility index (Phi) is 5.43. The van der Waals surface area contributed by atoms with Crippen LogP contribution in [-0.2, 0) is 10.0 Å². The van der Waals surface area contributed by atoms with Crippen molar-refractivity contribution in [3.8, 4) is 11.3 Å². The summed E-state index contributed by atoms with van der Waals surface area (Å²) in [5.41, 5.74) is 1.59. The van der Waals surface area contributed by atoms with Crippen LogP contribution < -0.4 is 0 Å². The maximum atomic E-state index is 14.4. The molecule has 8 heteroatoms. The van der Waals surface area contributed by atoms with Gasteiger partial charge < -0.3 is 0 Å². The minimum Gasteiger partial charge on any atom is -0.212 e. The van der Waals surface area contributed by atoms with E-state index in [1.807, 2.05) is 0 Å². The van der Waals surface area contributed by atoms with Crippen LogP contribution in [0.4, 0.5) is 8.78 Å². The SMILES string of the molecule is CC(C)(C)[C@H]1CCC(CN2CCCS2(=O)=O)c2nnc(-c3c(F)cccc3F)cc21. The van der Waals surface area contributed by atoms with Gasteiger partial charge in [-0.3, -0.25) is 0 Å². The molecule has 0 bridgehead atoms. The number of sulfonamides is 1. The molecule has 1 aliphatic carbocycles. The fourth-order valence-corrected chi connectivity index (χ4v) is 6.32. The summed E-state index contributed by atoms with van der Waals surface area (Å²) in [7, 11) is -3.21. The zero-order chi connectivity index (χ0) is 21.7. The summed E-state index contributed by atoms with van der Waals surface area (Å²) in [6.45, 7) is 7.32. The molecular weight excluding hydrogens is 408 g/mol. The summed E-state index contributed by atoms with van der Waals surface area (Å²) in [4.78, 5) is 0. The Morgan fingerprint density at radius 1 is 1.13 bits per heavy atom. The number of halogens is 2. The Bertz CT molecular complexity index is 1050. The average molecular weight is 436 g/mol. The van der Waals surface area contributed by atoms with Crippen molar-refractivity contribution in [3.63, 3.8) is 0 Å². The largest absolute Gasteiger partial charge is 0.214 e. The van der Waals surface area contributed by atoms with Crippen LogP contribution >= 0.6 is 0 Å². The number of aromatic nitrogens is 2. The summed E-state index contributed by atoms with van der Waals surface area (Å²) < 4.78 is 54.8. The molecule has 162 valence electrons. The van der Waals surface area contributed by atoms with Crippen molar-refractivity contribution in [2.45, 2.75) is 51.9 Å². The first kappa shape index (κ1) is 21.3. The first-order valence-electron chi connectivity index (χ1n) is 10.4. The third-order valence-corrected chi connectivity index (χ3v) is 8.23. The van der Waals surface area contributed by atoms with Crippen molar-refractivity contribution in [1.29, 1.82) is 0 Å². The molecule has 0 N–H and O–H groups in total. The minimum atomic E-state index is -3.21. The van der Waals surface area contributed by atoms with E-state index >= 15 is 0 Å². The molecule has 1 unspecified atom stereocenters. The molecule has 1 aromatic heterocycles. The molecule has 1 aromatic carbocycles. The van der Waals surface area contributed by atoms with Crippen LogP contribution in [0.3, 0.4) is 0 Å². The van der Waals surface area contributed by atoms with Crippen molar-refractivity contribution >= 4 is 10.0 Å². The van der Waals surface area contributed by atoms with E-state index in [0.717, 1.165) is 24.1 Å². The second-order valence-electron chi connectivity index (χ2n) is 9.39. The molecule has 2 aromatic rings. The van der Waals surface area contributed by atoms with Gasteiger partial charge in [0, 0.05) is 19.0 Å². The summed E-state index contributed by atoms with van der Waals surface area (Å²) in [5.74, 6) is -1.09. The second kappa shape index (κ2) is 7.64. The van der Waals surface area contributed by atoms with Crippen molar-refractivity contribution in [1.82, 2.24) is 14.5 Å². The lowest BCUT2D eigenvalue weighted by atomic mass is 9.68. The van der Waals surface area contributed by atoms with E-state index in [-0.39, 0.29) is 34.3 Å². The Labute approximate surface area is 176 Å². The Hall–Kier alpha value is -1.93. The summed E-state index contributed by atoms with van der Waals surface area (Å²) in [5, 5.41) is 8.57. The van der Waals surface area contributed by atoms with Gasteiger partial charge in [0.2, 0.25) is 10.0 Å². The number of fused-ring (bicyclic) bond motifs is 1. The normalized spacial score (nSPS) is 24.0. The molecular formula is C22H27F2N3O2S. The number of hydrogen-bond acceptors (Lipinski definition) is 4. The molecule has 30 heavy (non-hydrogen) atoms. The molecule has 0 saturated carbocycles. The van der Waals surface area contributed by atoms with E-state index in [2.05, 4.69) is 31.0 Å². The average Bonchev–Trinajstić information content (AvgIpc) is 2.98. The van der Waals surface area contributed by atoms with E-state index in [1.165, 1.54) is 18.2 Å². The Morgan fingerprint density at radius 3 is 2.43 bits per heavy atom. The predicted molar refractivity (Wildman–Crippen MR) is 112 cm³/mol. The van der Waals surface area contributed by atoms with Crippen molar-refractivity contribution in [2.75, 3.05) is 18.8 Å². The molecule has 1 fully saturated rings. The number of nitrogens with zero attached hydrogens (tertiary/aromatic N) is 3. The fourth-order valence-electron chi connectivity index (χ4n) is 4.76. The molecule has 2 atom stereocenters. The highest BCUT2D eigenvalue weighted by atomic mass is 32.2. The molecule has 2 aliphatic rings. The molecule has 4 rings (SSSR count). The highest BCUT2D eigenvalue weighted by Gasteiger charge is 2.39. The van der Waals surface area contributed by atoms with Gasteiger partial charge in [-0.15, -0.1) is 0 Å². The second-order valence-corrected chi connectivity index (χ2v) is 11.5. The van der Waals surface area contributed by atoms with Crippen LogP contribution in [-0.4, -0.2) is 41.8 Å². The summed E-state index contributed by atoms with van der Waals surface area (Å²) >= 11 is 0. The number of rotatable bonds is 3. The van der Waals surface area contributed by atoms with Crippen molar-refractivity contribution in [3.05, 3.63) is 47.2 Å². The summed E-state index contributed by atoms with van der Waals surface area (Å²) in [6, 6.07) is 5.50. The summed E-state index contributed by atoms with van der Waals surface area (Å²) in [6.07, 6.45) is 2.31. The van der Waals surface area contributed by atoms with Gasteiger partial charge in [-0.25, -0.2) is 21.5 Å². The van der Waals surface area contributed by atoms with Gasteiger partial charge in [0.05, 0.1) is 22.7 Å². The van der Waals surface area contributed by atoms with Crippen LogP contribution in [0.5, 0.6) is 0 Å². The molecule has 1 saturated heterocycles. The number of hydrogen-bond donors (Lipinski definition) is 0. The first-order chi connectivity index (χ1) is 14.1. The lowest BCUT2D eigenvalue weighted by Crippen LogP contribution is -2.34. The molecule has 0 spiro atoms. The topological polar surface area (TPSA) is 63.2 Å². The van der Waals surface area contributed by atoms with E-state index in [0.29, 0.717) is 19.5 Å². The highest BCUT2D eigenvalue weighted by Crippen LogP contribution is 2.47. The lowest BCUT2D eigenvalue weighted by Gasteiger charge is -2.38. The van der Waals surface area contributed by atoms with Gasteiger partial charge >= 0.3 is 0 Å². The van der Waals surface area contributed by atoms with Crippen LogP contribution in [0.25, 0.3) is 11.3 Å². The monoisotopic (exact) mass is 435 g/mol. The smallest absolute Gasteiger partial charge is 0.212 e. The van der Waals surface area contributed by atoms with E-state index < -0.39 is 21.7 Å². The van der Waals surface area contributed by atoms with Gasteiger partial charge in [-0.2, -0.15) is 10.2 Å². The molecule has 0 radical (unpaired) electrons. The van der Waals surface area contributed by atoms with Gasteiger partial charge in [-0.1, -0.05) is 26.8 Å². The fraction of sp³-hybridized carbons (Fsp3) is 0.545. The van der Waals surface area contributed by atoms with E-state index in [1.54, 1.807) is 10.4 Å². The van der Waals surface area contributed by atoms with Gasteiger partial charge in [0.1, 0.15) is 11.6 Å². The third kappa shape index (κ3) is 3.87. The predicted octanol–water partition coefficient (Wildman–Crippen LogP) is 4.46. The highest BCUT2D eigenvalue weighted by molar-refractivity contribution is 7.89. The van der Waals surface area contributed by atoms with Crippen LogP contribution in [0, 0.1) is 17.0 Å². The standard InChI is InChI=1S/C22H27F2N3O2S/c1-22(2,3)16-9-8-14(13-27-10-5-11-30(27,28)29)21-15(16)12-19(25-26-21)20-17(23)6-4-7-18(20)24/h4,6-7,12,14,16H,5,8-11,13H2,1-3H3/t14?,16-/m0/s1. The van der Waals surface area contributed by atoms with Crippen LogP contribution in [0.15, 0.2) is 24.3 Å². The molecule has 5 nitrogen and oxygen atoms in total. The number of benzene rings is 1. The van der Waals surface area contributed by atoms with E-state index in [4.69, 9.17) is 0 Å². The first-order valence-corrected chi connectivity index (χ1v) is 12.0. The minimum absolute atomic E-state index is 0.0708.